The van der Waals surface area contributed by atoms with Gasteiger partial charge < -0.3 is 9.80 Å². The monoisotopic (exact) mass is 804 g/mol. The summed E-state index contributed by atoms with van der Waals surface area (Å²) < 4.78 is 0. The van der Waals surface area contributed by atoms with E-state index in [1.807, 2.05) is 121 Å². The minimum absolute atomic E-state index is 0.181. The quantitative estimate of drug-likeness (QED) is 0.0953. The van der Waals surface area contributed by atoms with Crippen molar-refractivity contribution in [2.75, 3.05) is 9.80 Å². The summed E-state index contributed by atoms with van der Waals surface area (Å²) in [5, 5.41) is 41.1. The molecule has 8 aromatic rings. The van der Waals surface area contributed by atoms with Gasteiger partial charge in [-0.1, -0.05) is 97.1 Å². The van der Waals surface area contributed by atoms with E-state index in [1.54, 1.807) is 0 Å². The number of hydrogen-bond donors (Lipinski definition) is 0. The van der Waals surface area contributed by atoms with Gasteiger partial charge in [-0.25, -0.2) is 0 Å². The number of anilines is 6. The van der Waals surface area contributed by atoms with Gasteiger partial charge in [0.15, 0.2) is 0 Å². The number of thiophene rings is 2. The molecule has 0 N–H and O–H groups in total. The lowest BCUT2D eigenvalue weighted by Gasteiger charge is -2.25. The van der Waals surface area contributed by atoms with Gasteiger partial charge in [0.25, 0.3) is 0 Å². The first-order valence-corrected chi connectivity index (χ1v) is 20.5. The summed E-state index contributed by atoms with van der Waals surface area (Å²) in [6, 6.07) is 72.9. The van der Waals surface area contributed by atoms with Crippen molar-refractivity contribution in [3.05, 3.63) is 215 Å². The molecule has 0 spiro atoms. The standard InChI is InChI=1S/C52H32N6S2/c53-33-39(34-54)51(49-31-29-47(59-49)37-21-25-45(26-22-37)57(41-13-5-1-6-14-41)42-15-7-2-8-16-42)52(40(35-55)36-56)50-32-30-48(60-50)38-23-27-46(28-24-38)58(43-17-9-3-10-18-43)44-19-11-4-12-20-44/h1-32H. The van der Waals surface area contributed by atoms with Gasteiger partial charge in [-0.2, -0.15) is 21.0 Å². The normalized spacial score (nSPS) is 10.3. The maximum atomic E-state index is 10.3. The summed E-state index contributed by atoms with van der Waals surface area (Å²) in [7, 11) is 0. The molecule has 0 saturated heterocycles. The highest BCUT2D eigenvalue weighted by atomic mass is 32.1. The van der Waals surface area contributed by atoms with Crippen LogP contribution in [-0.4, -0.2) is 0 Å². The molecule has 0 aliphatic heterocycles. The van der Waals surface area contributed by atoms with Crippen molar-refractivity contribution in [2.45, 2.75) is 0 Å². The lowest BCUT2D eigenvalue weighted by Crippen LogP contribution is -2.09. The molecule has 0 aliphatic rings. The zero-order valence-electron chi connectivity index (χ0n) is 32.0. The molecule has 60 heavy (non-hydrogen) atoms. The van der Waals surface area contributed by atoms with Gasteiger partial charge in [-0.15, -0.1) is 22.7 Å². The number of nitriles is 4. The van der Waals surface area contributed by atoms with Crippen LogP contribution in [0.4, 0.5) is 34.1 Å². The van der Waals surface area contributed by atoms with Crippen LogP contribution in [0, 0.1) is 45.3 Å². The molecule has 0 radical (unpaired) electrons. The Bertz CT molecular complexity index is 2670. The van der Waals surface area contributed by atoms with Gasteiger partial charge in [0, 0.05) is 64.8 Å². The molecule has 0 amide bonds. The number of hydrogen-bond acceptors (Lipinski definition) is 8. The van der Waals surface area contributed by atoms with Crippen molar-refractivity contribution in [3.63, 3.8) is 0 Å². The van der Waals surface area contributed by atoms with Crippen molar-refractivity contribution >= 4 is 67.9 Å². The zero-order valence-corrected chi connectivity index (χ0v) is 33.6. The number of para-hydroxylation sites is 4. The molecule has 0 aliphatic carbocycles. The van der Waals surface area contributed by atoms with Crippen LogP contribution in [0.15, 0.2) is 205 Å². The first kappa shape index (κ1) is 38.6. The van der Waals surface area contributed by atoms with Gasteiger partial charge >= 0.3 is 0 Å². The second-order valence-corrected chi connectivity index (χ2v) is 15.5. The smallest absolute Gasteiger partial charge is 0.139 e. The minimum Gasteiger partial charge on any atom is -0.311 e. The van der Waals surface area contributed by atoms with Gasteiger partial charge in [0.2, 0.25) is 0 Å². The second-order valence-electron chi connectivity index (χ2n) is 13.4. The van der Waals surface area contributed by atoms with Gasteiger partial charge in [0.05, 0.1) is 0 Å². The van der Waals surface area contributed by atoms with E-state index >= 15 is 0 Å². The number of nitrogens with zero attached hydrogens (tertiary/aromatic N) is 6. The van der Waals surface area contributed by atoms with E-state index in [1.165, 1.54) is 22.7 Å². The minimum atomic E-state index is -0.181. The molecule has 2 aromatic heterocycles. The summed E-state index contributed by atoms with van der Waals surface area (Å²) >= 11 is 2.80. The Morgan fingerprint density at radius 1 is 0.317 bits per heavy atom. The van der Waals surface area contributed by atoms with Crippen LogP contribution in [0.2, 0.25) is 0 Å². The van der Waals surface area contributed by atoms with E-state index in [0.29, 0.717) is 9.75 Å². The van der Waals surface area contributed by atoms with E-state index in [0.717, 1.165) is 55.0 Å². The van der Waals surface area contributed by atoms with E-state index in [4.69, 9.17) is 0 Å². The highest BCUT2D eigenvalue weighted by Gasteiger charge is 2.25. The summed E-state index contributed by atoms with van der Waals surface area (Å²) in [6.07, 6.45) is 0. The molecule has 6 nitrogen and oxygen atoms in total. The van der Waals surface area contributed by atoms with Gasteiger partial charge in [-0.3, -0.25) is 0 Å². The predicted octanol–water partition coefficient (Wildman–Crippen LogP) is 14.4. The molecule has 0 fully saturated rings. The maximum Gasteiger partial charge on any atom is 0.139 e. The molecule has 0 unspecified atom stereocenters. The Balaban J connectivity index is 1.13. The fourth-order valence-corrected chi connectivity index (χ4v) is 9.16. The van der Waals surface area contributed by atoms with Crippen molar-refractivity contribution in [3.8, 4) is 45.2 Å². The van der Waals surface area contributed by atoms with Crippen LogP contribution in [0.5, 0.6) is 0 Å². The third-order valence-corrected chi connectivity index (χ3v) is 12.1. The maximum absolute atomic E-state index is 10.3. The third kappa shape index (κ3) is 7.98. The van der Waals surface area contributed by atoms with Gasteiger partial charge in [-0.05, 0) is 108 Å². The molecular weight excluding hydrogens is 773 g/mol. The molecule has 282 valence electrons. The Hall–Kier alpha value is -8.24. The molecule has 8 heteroatoms. The Morgan fingerprint density at radius 3 is 0.850 bits per heavy atom. The number of allylic oxidation sites excluding steroid dienone is 4. The SMILES string of the molecule is N#CC(C#N)=C(C(=C(C#N)C#N)c1ccc(-c2ccc(N(c3ccccc3)c3ccccc3)cc2)s1)c1ccc(-c2ccc(N(c3ccccc3)c3ccccc3)cc2)s1. The fourth-order valence-electron chi connectivity index (χ4n) is 7.02. The third-order valence-electron chi connectivity index (χ3n) is 9.78. The average Bonchev–Trinajstić information content (AvgIpc) is 4.01. The molecule has 6 aromatic carbocycles. The highest BCUT2D eigenvalue weighted by Crippen LogP contribution is 2.45. The van der Waals surface area contributed by atoms with Crippen LogP contribution in [0.25, 0.3) is 32.0 Å². The largest absolute Gasteiger partial charge is 0.311 e. The predicted molar refractivity (Wildman–Crippen MR) is 245 cm³/mol. The molecular formula is C52H32N6S2. The van der Waals surface area contributed by atoms with Gasteiger partial charge in [0.1, 0.15) is 35.4 Å². The van der Waals surface area contributed by atoms with Crippen molar-refractivity contribution in [2.24, 2.45) is 0 Å². The van der Waals surface area contributed by atoms with Crippen molar-refractivity contribution in [1.29, 1.82) is 21.0 Å². The average molecular weight is 805 g/mol. The first-order chi connectivity index (χ1) is 29.6. The van der Waals surface area contributed by atoms with Crippen LogP contribution in [0.1, 0.15) is 9.75 Å². The Kier molecular flexibility index (Phi) is 11.5. The molecule has 0 saturated carbocycles. The lowest BCUT2D eigenvalue weighted by atomic mass is 9.94. The number of benzene rings is 6. The fraction of sp³-hybridized carbons (Fsp3) is 0. The van der Waals surface area contributed by atoms with E-state index in [-0.39, 0.29) is 22.3 Å². The van der Waals surface area contributed by atoms with Crippen LogP contribution < -0.4 is 9.80 Å². The summed E-state index contributed by atoms with van der Waals surface area (Å²) in [5.74, 6) is 0. The van der Waals surface area contributed by atoms with Crippen molar-refractivity contribution < 1.29 is 0 Å². The van der Waals surface area contributed by atoms with E-state index < -0.39 is 0 Å². The Morgan fingerprint density at radius 2 is 0.583 bits per heavy atom. The highest BCUT2D eigenvalue weighted by molar-refractivity contribution is 7.18. The molecule has 8 rings (SSSR count). The van der Waals surface area contributed by atoms with Crippen molar-refractivity contribution in [1.82, 2.24) is 0 Å². The Labute approximate surface area is 357 Å². The van der Waals surface area contributed by atoms with Crippen LogP contribution in [-0.2, 0) is 0 Å². The van der Waals surface area contributed by atoms with E-state index in [2.05, 4.69) is 107 Å². The van der Waals surface area contributed by atoms with Crippen LogP contribution in [0.3, 0.4) is 0 Å². The zero-order chi connectivity index (χ0) is 41.3. The molecule has 0 bridgehead atoms. The first-order valence-electron chi connectivity index (χ1n) is 18.9. The number of rotatable bonds is 11. The summed E-state index contributed by atoms with van der Waals surface area (Å²) in [6.45, 7) is 0. The molecule has 0 atom stereocenters. The summed E-state index contributed by atoms with van der Waals surface area (Å²) in [4.78, 5) is 7.37. The second kappa shape index (κ2) is 17.9. The topological polar surface area (TPSA) is 102 Å². The molecule has 2 heterocycles. The van der Waals surface area contributed by atoms with Crippen LogP contribution >= 0.6 is 22.7 Å². The summed E-state index contributed by atoms with van der Waals surface area (Å²) in [5.41, 5.74) is 8.12. The van der Waals surface area contributed by atoms with E-state index in [9.17, 15) is 21.0 Å². The lowest BCUT2D eigenvalue weighted by molar-refractivity contribution is 1.28.